The minimum absolute atomic E-state index is 0.130. The number of amides is 2. The van der Waals surface area contributed by atoms with Crippen LogP contribution in [0.3, 0.4) is 0 Å². The Kier molecular flexibility index (Phi) is 8.18. The van der Waals surface area contributed by atoms with Crippen LogP contribution in [-0.2, 0) is 20.5 Å². The second kappa shape index (κ2) is 11.6. The molecule has 8 nitrogen and oxygen atoms in total. The van der Waals surface area contributed by atoms with Crippen LogP contribution in [0.5, 0.6) is 0 Å². The van der Waals surface area contributed by atoms with Crippen LogP contribution in [0.2, 0.25) is 0 Å². The summed E-state index contributed by atoms with van der Waals surface area (Å²) in [6, 6.07) is 14.3. The van der Waals surface area contributed by atoms with E-state index in [9.17, 15) is 19.2 Å². The third kappa shape index (κ3) is 5.52. The highest BCUT2D eigenvalue weighted by Gasteiger charge is 2.21. The van der Waals surface area contributed by atoms with E-state index in [4.69, 9.17) is 0 Å². The Morgan fingerprint density at radius 2 is 1.18 bits per heavy atom. The van der Waals surface area contributed by atoms with Gasteiger partial charge in [0, 0.05) is 48.7 Å². The molecule has 0 spiro atoms. The van der Waals surface area contributed by atoms with E-state index in [1.807, 2.05) is 52.0 Å². The zero-order chi connectivity index (χ0) is 29.1. The van der Waals surface area contributed by atoms with E-state index in [0.29, 0.717) is 33.6 Å². The third-order valence-corrected chi connectivity index (χ3v) is 7.42. The molecule has 2 N–H and O–H groups in total. The van der Waals surface area contributed by atoms with Crippen molar-refractivity contribution in [3.05, 3.63) is 117 Å². The first kappa shape index (κ1) is 28.3. The highest BCUT2D eigenvalue weighted by atomic mass is 16.2. The fourth-order valence-corrected chi connectivity index (χ4v) is 4.84. The predicted octanol–water partition coefficient (Wildman–Crippen LogP) is 4.43. The van der Waals surface area contributed by atoms with Gasteiger partial charge in [-0.3, -0.25) is 19.2 Å². The Balaban J connectivity index is 1.40. The summed E-state index contributed by atoms with van der Waals surface area (Å²) >= 11 is 0. The lowest BCUT2D eigenvalue weighted by Crippen LogP contribution is -2.38. The van der Waals surface area contributed by atoms with Crippen molar-refractivity contribution in [3.63, 3.8) is 0 Å². The summed E-state index contributed by atoms with van der Waals surface area (Å²) in [7, 11) is 3.38. The summed E-state index contributed by atoms with van der Waals surface area (Å²) in [6.07, 6.45) is 4.08. The molecule has 0 saturated heterocycles. The fourth-order valence-electron chi connectivity index (χ4n) is 4.84. The molecule has 4 aromatic rings. The van der Waals surface area contributed by atoms with Gasteiger partial charge in [0.15, 0.2) is 11.6 Å². The van der Waals surface area contributed by atoms with Gasteiger partial charge in [0.1, 0.15) is 11.4 Å². The number of hydrogen-bond acceptors (Lipinski definition) is 4. The summed E-state index contributed by atoms with van der Waals surface area (Å²) in [4.78, 5) is 51.9. The second-order valence-corrected chi connectivity index (χ2v) is 9.99. The van der Waals surface area contributed by atoms with Crippen LogP contribution in [-0.4, -0.2) is 39.2 Å². The van der Waals surface area contributed by atoms with Gasteiger partial charge in [-0.1, -0.05) is 43.3 Å². The van der Waals surface area contributed by atoms with Gasteiger partial charge in [-0.05, 0) is 61.6 Å². The molecule has 2 heterocycles. The zero-order valence-electron chi connectivity index (χ0n) is 23.7. The van der Waals surface area contributed by atoms with E-state index >= 15 is 0 Å². The summed E-state index contributed by atoms with van der Waals surface area (Å²) in [6.45, 7) is 7.70. The maximum absolute atomic E-state index is 13.2. The minimum atomic E-state index is -0.433. The van der Waals surface area contributed by atoms with Crippen molar-refractivity contribution < 1.29 is 19.2 Å². The summed E-state index contributed by atoms with van der Waals surface area (Å²) in [5, 5.41) is 5.34. The Bertz CT molecular complexity index is 1640. The molecular formula is C32H34N4O4. The van der Waals surface area contributed by atoms with Gasteiger partial charge >= 0.3 is 0 Å². The number of carbonyl (C=O) groups is 4. The number of carbonyl (C=O) groups excluding carboxylic acids is 4. The van der Waals surface area contributed by atoms with Crippen LogP contribution >= 0.6 is 0 Å². The SMILES string of the molecule is CCc1cccc(C(=O)c2cc(C(=O)NCNC(=O)c3cc(C(=O)c4cccc(C)c4C)cn3C)n(C)c2)c1C. The fraction of sp³-hybridized carbons (Fsp3) is 0.250. The average Bonchev–Trinajstić information content (AvgIpc) is 3.52. The number of nitrogens with zero attached hydrogens (tertiary/aromatic N) is 2. The quantitative estimate of drug-likeness (QED) is 0.243. The average molecular weight is 539 g/mol. The summed E-state index contributed by atoms with van der Waals surface area (Å²) in [5.74, 6) is -1.17. The maximum Gasteiger partial charge on any atom is 0.269 e. The van der Waals surface area contributed by atoms with Gasteiger partial charge in [-0.2, -0.15) is 0 Å². The number of aromatic nitrogens is 2. The molecular weight excluding hydrogens is 504 g/mol. The smallest absolute Gasteiger partial charge is 0.269 e. The number of rotatable bonds is 9. The monoisotopic (exact) mass is 538 g/mol. The van der Waals surface area contributed by atoms with Gasteiger partial charge < -0.3 is 19.8 Å². The third-order valence-electron chi connectivity index (χ3n) is 7.42. The molecule has 0 atom stereocenters. The van der Waals surface area contributed by atoms with E-state index in [-0.39, 0.29) is 18.2 Å². The van der Waals surface area contributed by atoms with Crippen molar-refractivity contribution in [2.45, 2.75) is 34.1 Å². The van der Waals surface area contributed by atoms with Gasteiger partial charge in [0.25, 0.3) is 11.8 Å². The molecule has 206 valence electrons. The number of aryl methyl sites for hydroxylation is 4. The van der Waals surface area contributed by atoms with Gasteiger partial charge in [0.05, 0.1) is 6.67 Å². The number of benzene rings is 2. The molecule has 2 aromatic heterocycles. The molecule has 8 heteroatoms. The first-order valence-electron chi connectivity index (χ1n) is 13.2. The lowest BCUT2D eigenvalue weighted by atomic mass is 9.95. The number of hydrogen-bond donors (Lipinski definition) is 2. The molecule has 0 aliphatic carbocycles. The molecule has 0 fully saturated rings. The van der Waals surface area contributed by atoms with E-state index in [2.05, 4.69) is 10.6 Å². The van der Waals surface area contributed by atoms with Crippen LogP contribution in [0.1, 0.15) is 82.0 Å². The molecule has 0 unspecified atom stereocenters. The van der Waals surface area contributed by atoms with Crippen LogP contribution in [0, 0.1) is 20.8 Å². The van der Waals surface area contributed by atoms with Crippen molar-refractivity contribution in [1.29, 1.82) is 0 Å². The molecule has 0 saturated carbocycles. The second-order valence-electron chi connectivity index (χ2n) is 9.99. The van der Waals surface area contributed by atoms with Gasteiger partial charge in [-0.25, -0.2) is 0 Å². The normalized spacial score (nSPS) is 10.8. The van der Waals surface area contributed by atoms with Gasteiger partial charge in [0.2, 0.25) is 0 Å². The minimum Gasteiger partial charge on any atom is -0.346 e. The molecule has 2 aromatic carbocycles. The molecule has 40 heavy (non-hydrogen) atoms. The molecule has 0 aliphatic heterocycles. The van der Waals surface area contributed by atoms with Crippen molar-refractivity contribution in [2.75, 3.05) is 6.67 Å². The molecule has 4 rings (SSSR count). The van der Waals surface area contributed by atoms with Crippen LogP contribution in [0.4, 0.5) is 0 Å². The zero-order valence-corrected chi connectivity index (χ0v) is 23.7. The lowest BCUT2D eigenvalue weighted by molar-refractivity contribution is 0.0910. The summed E-state index contributed by atoms with van der Waals surface area (Å²) in [5.41, 5.74) is 6.58. The van der Waals surface area contributed by atoms with Gasteiger partial charge in [-0.15, -0.1) is 0 Å². The van der Waals surface area contributed by atoms with E-state index in [0.717, 1.165) is 28.7 Å². The number of nitrogens with one attached hydrogen (secondary N) is 2. The number of ketones is 2. The molecule has 2 amide bonds. The van der Waals surface area contributed by atoms with E-state index < -0.39 is 11.8 Å². The largest absolute Gasteiger partial charge is 0.346 e. The Hall–Kier alpha value is -4.72. The predicted molar refractivity (Wildman–Crippen MR) is 154 cm³/mol. The van der Waals surface area contributed by atoms with Crippen molar-refractivity contribution in [1.82, 2.24) is 19.8 Å². The van der Waals surface area contributed by atoms with Crippen molar-refractivity contribution in [3.8, 4) is 0 Å². The van der Waals surface area contributed by atoms with Crippen LogP contribution in [0.25, 0.3) is 0 Å². The highest BCUT2D eigenvalue weighted by Crippen LogP contribution is 2.21. The van der Waals surface area contributed by atoms with Crippen LogP contribution < -0.4 is 10.6 Å². The van der Waals surface area contributed by atoms with E-state index in [1.165, 1.54) is 0 Å². The summed E-state index contributed by atoms with van der Waals surface area (Å²) < 4.78 is 3.17. The Morgan fingerprint density at radius 3 is 1.68 bits per heavy atom. The van der Waals surface area contributed by atoms with Crippen molar-refractivity contribution >= 4 is 23.4 Å². The first-order valence-corrected chi connectivity index (χ1v) is 13.2. The lowest BCUT2D eigenvalue weighted by Gasteiger charge is -2.08. The highest BCUT2D eigenvalue weighted by molar-refractivity contribution is 6.12. The first-order chi connectivity index (χ1) is 19.0. The molecule has 0 aliphatic rings. The Morgan fingerprint density at radius 1 is 0.700 bits per heavy atom. The topological polar surface area (TPSA) is 102 Å². The Labute approximate surface area is 234 Å². The van der Waals surface area contributed by atoms with E-state index in [1.54, 1.807) is 59.9 Å². The maximum atomic E-state index is 13.2. The standard InChI is InChI=1S/C32H34N4O4/c1-7-22-11-9-13-26(21(22)4)30(38)24-15-28(36(6)17-24)32(40)34-18-33-31(39)27-14-23(16-35(27)5)29(37)25-12-8-10-19(2)20(25)3/h8-17H,7,18H2,1-6H3,(H,33,39)(H,34,40). The molecule has 0 radical (unpaired) electrons. The molecule has 0 bridgehead atoms. The van der Waals surface area contributed by atoms with Crippen molar-refractivity contribution in [2.24, 2.45) is 14.1 Å². The van der Waals surface area contributed by atoms with Crippen LogP contribution in [0.15, 0.2) is 60.9 Å².